The van der Waals surface area contributed by atoms with E-state index in [0.717, 1.165) is 12.1 Å². The summed E-state index contributed by atoms with van der Waals surface area (Å²) >= 11 is 0. The van der Waals surface area contributed by atoms with Gasteiger partial charge in [0.25, 0.3) is 0 Å². The number of allylic oxidation sites excluding steroid dienone is 4. The fourth-order valence-electron chi connectivity index (χ4n) is 2.54. The van der Waals surface area contributed by atoms with E-state index in [0.29, 0.717) is 10.1 Å². The average Bonchev–Trinajstić information content (AvgIpc) is 2.37. The molecule has 5 heteroatoms. The Balaban J connectivity index is 2.24. The van der Waals surface area contributed by atoms with Crippen molar-refractivity contribution in [1.29, 1.82) is 0 Å². The molecule has 2 aliphatic rings. The maximum atomic E-state index is 13.0. The van der Waals surface area contributed by atoms with Crippen LogP contribution in [-0.2, 0) is 4.74 Å². The van der Waals surface area contributed by atoms with Crippen LogP contribution in [0.4, 0.5) is 13.2 Å². The topological polar surface area (TPSA) is 9.23 Å². The van der Waals surface area contributed by atoms with Gasteiger partial charge in [-0.2, -0.15) is 13.2 Å². The third kappa shape index (κ3) is 4.08. The molecule has 1 heterocycles. The highest BCUT2D eigenvalue weighted by Gasteiger charge is 2.37. The lowest BCUT2D eigenvalue weighted by Gasteiger charge is -2.30. The van der Waals surface area contributed by atoms with Gasteiger partial charge in [0.15, 0.2) is 0 Å². The van der Waals surface area contributed by atoms with Crippen LogP contribution >= 0.6 is 0 Å². The van der Waals surface area contributed by atoms with Crippen LogP contribution in [0.3, 0.4) is 0 Å². The Kier molecular flexibility index (Phi) is 4.44. The quantitative estimate of drug-likeness (QED) is 0.721. The Morgan fingerprint density at radius 1 is 1.38 bits per heavy atom. The van der Waals surface area contributed by atoms with Crippen molar-refractivity contribution in [1.82, 2.24) is 0 Å². The van der Waals surface area contributed by atoms with Gasteiger partial charge in [0.05, 0.1) is 34.0 Å². The molecule has 0 spiro atoms. The van der Waals surface area contributed by atoms with Crippen LogP contribution in [0, 0.1) is 13.0 Å². The molecule has 1 atom stereocenters. The van der Waals surface area contributed by atoms with E-state index in [1.807, 2.05) is 38.5 Å². The Hall–Kier alpha value is -1.33. The van der Waals surface area contributed by atoms with Gasteiger partial charge in [0.1, 0.15) is 6.54 Å². The summed E-state index contributed by atoms with van der Waals surface area (Å²) in [6.45, 7) is 0.872. The number of likely N-dealkylation sites (N-methyl/N-ethyl adjacent to an activating group) is 1. The van der Waals surface area contributed by atoms with Gasteiger partial charge < -0.3 is 4.74 Å². The molecule has 1 radical (unpaired) electrons. The summed E-state index contributed by atoms with van der Waals surface area (Å²) < 4.78 is 44.5. The molecule has 1 aliphatic carbocycles. The molecule has 0 saturated heterocycles. The van der Waals surface area contributed by atoms with E-state index in [1.165, 1.54) is 6.08 Å². The zero-order valence-electron chi connectivity index (χ0n) is 12.3. The number of hydrogen-bond acceptors (Lipinski definition) is 1. The van der Waals surface area contributed by atoms with Crippen molar-refractivity contribution in [3.8, 4) is 0 Å². The van der Waals surface area contributed by atoms with Gasteiger partial charge in [-0.15, -0.1) is 0 Å². The minimum atomic E-state index is -4.30. The molecule has 0 saturated carbocycles. The van der Waals surface area contributed by atoms with E-state index in [4.69, 9.17) is 4.74 Å². The molecule has 0 fully saturated rings. The maximum absolute atomic E-state index is 13.0. The molecular weight excluding hydrogens is 279 g/mol. The molecule has 0 aromatic rings. The van der Waals surface area contributed by atoms with E-state index >= 15 is 0 Å². The lowest BCUT2D eigenvalue weighted by molar-refractivity contribution is -0.833. The molecule has 2 rings (SSSR count). The predicted molar refractivity (Wildman–Crippen MR) is 75.8 cm³/mol. The van der Waals surface area contributed by atoms with Gasteiger partial charge in [-0.05, 0) is 35.8 Å². The summed E-state index contributed by atoms with van der Waals surface area (Å²) in [7, 11) is 7.33. The normalized spacial score (nSPS) is 25.2. The van der Waals surface area contributed by atoms with E-state index in [2.05, 4.69) is 7.11 Å². The van der Waals surface area contributed by atoms with Crippen LogP contribution < -0.4 is 0 Å². The van der Waals surface area contributed by atoms with E-state index < -0.39 is 11.7 Å². The van der Waals surface area contributed by atoms with Crippen molar-refractivity contribution in [2.45, 2.75) is 12.6 Å². The Morgan fingerprint density at radius 3 is 2.62 bits per heavy atom. The third-order valence-corrected chi connectivity index (χ3v) is 3.74. The summed E-state index contributed by atoms with van der Waals surface area (Å²) in [5.74, 6) is -0.256. The lowest BCUT2D eigenvalue weighted by Crippen LogP contribution is -2.35. The van der Waals surface area contributed by atoms with E-state index in [-0.39, 0.29) is 18.9 Å². The van der Waals surface area contributed by atoms with Crippen LogP contribution in [0.2, 0.25) is 0 Å². The molecule has 0 amide bonds. The SMILES string of the molecule is [CH2]OCC1=CC(C2=CC[N+](C)(C)C=C2)CC(C(F)(F)F)=C1. The summed E-state index contributed by atoms with van der Waals surface area (Å²) in [5.41, 5.74) is 0.960. The summed E-state index contributed by atoms with van der Waals surface area (Å²) in [6, 6.07) is 0. The Morgan fingerprint density at radius 2 is 2.10 bits per heavy atom. The second-order valence-corrected chi connectivity index (χ2v) is 6.05. The second-order valence-electron chi connectivity index (χ2n) is 6.05. The van der Waals surface area contributed by atoms with Gasteiger partial charge in [-0.3, -0.25) is 4.48 Å². The maximum Gasteiger partial charge on any atom is 0.412 e. The van der Waals surface area contributed by atoms with Crippen LogP contribution in [0.1, 0.15) is 6.42 Å². The number of ether oxygens (including phenoxy) is 1. The predicted octanol–water partition coefficient (Wildman–Crippen LogP) is 3.76. The monoisotopic (exact) mass is 299 g/mol. The largest absolute Gasteiger partial charge is 0.412 e. The van der Waals surface area contributed by atoms with Crippen molar-refractivity contribution in [3.63, 3.8) is 0 Å². The van der Waals surface area contributed by atoms with Gasteiger partial charge in [0.2, 0.25) is 0 Å². The van der Waals surface area contributed by atoms with Crippen LogP contribution in [-0.4, -0.2) is 37.9 Å². The smallest absolute Gasteiger partial charge is 0.374 e. The minimum absolute atomic E-state index is 0.0201. The summed E-state index contributed by atoms with van der Waals surface area (Å²) in [4.78, 5) is 0. The Labute approximate surface area is 123 Å². The molecule has 2 nitrogen and oxygen atoms in total. The number of alkyl halides is 3. The number of hydrogen-bond donors (Lipinski definition) is 0. The van der Waals surface area contributed by atoms with Crippen LogP contribution in [0.15, 0.2) is 47.2 Å². The first-order valence-corrected chi connectivity index (χ1v) is 6.79. The van der Waals surface area contributed by atoms with Crippen LogP contribution in [0.25, 0.3) is 0 Å². The first-order chi connectivity index (χ1) is 9.71. The van der Waals surface area contributed by atoms with Crippen molar-refractivity contribution < 1.29 is 22.4 Å². The zero-order valence-corrected chi connectivity index (χ0v) is 12.3. The van der Waals surface area contributed by atoms with Crippen molar-refractivity contribution in [2.24, 2.45) is 5.92 Å². The zero-order chi connectivity index (χ0) is 15.7. The highest BCUT2D eigenvalue weighted by Crippen LogP contribution is 2.38. The third-order valence-electron chi connectivity index (χ3n) is 3.74. The fourth-order valence-corrected chi connectivity index (χ4v) is 2.54. The fraction of sp³-hybridized carbons (Fsp3) is 0.438. The van der Waals surface area contributed by atoms with Gasteiger partial charge in [-0.1, -0.05) is 6.08 Å². The molecular formula is C16H20F3NO+. The molecule has 115 valence electrons. The molecule has 0 aromatic heterocycles. The van der Waals surface area contributed by atoms with Gasteiger partial charge in [-0.25, -0.2) is 0 Å². The van der Waals surface area contributed by atoms with Crippen molar-refractivity contribution >= 4 is 0 Å². The van der Waals surface area contributed by atoms with Crippen molar-refractivity contribution in [3.05, 3.63) is 54.3 Å². The molecule has 1 unspecified atom stereocenters. The van der Waals surface area contributed by atoms with Gasteiger partial charge in [0, 0.05) is 11.5 Å². The minimum Gasteiger partial charge on any atom is -0.374 e. The molecule has 0 aromatic carbocycles. The van der Waals surface area contributed by atoms with Gasteiger partial charge >= 0.3 is 6.18 Å². The van der Waals surface area contributed by atoms with Crippen LogP contribution in [0.5, 0.6) is 0 Å². The number of quaternary nitrogens is 1. The average molecular weight is 299 g/mol. The standard InChI is InChI=1S/C16H20F3NO/c1-20(2)6-4-13(5-7-20)14-8-12(11-21-3)9-15(10-14)16(17,18)19/h4-6,8-9,14H,3,7,10-11H2,1-2H3/q+1. The lowest BCUT2D eigenvalue weighted by atomic mass is 9.84. The van der Waals surface area contributed by atoms with Crippen molar-refractivity contribution in [2.75, 3.05) is 27.2 Å². The highest BCUT2D eigenvalue weighted by atomic mass is 19.4. The molecule has 0 N–H and O–H groups in total. The molecule has 0 bridgehead atoms. The summed E-state index contributed by atoms with van der Waals surface area (Å²) in [5, 5.41) is 0. The molecule has 1 aliphatic heterocycles. The first-order valence-electron chi connectivity index (χ1n) is 6.79. The highest BCUT2D eigenvalue weighted by molar-refractivity contribution is 5.39. The molecule has 21 heavy (non-hydrogen) atoms. The first kappa shape index (κ1) is 16.0. The number of rotatable bonds is 3. The van der Waals surface area contributed by atoms with E-state index in [1.54, 1.807) is 0 Å². The van der Waals surface area contributed by atoms with E-state index in [9.17, 15) is 13.2 Å². The second kappa shape index (κ2) is 5.81. The number of halogens is 3. The number of nitrogens with zero attached hydrogens (tertiary/aromatic N) is 1. The summed E-state index contributed by atoms with van der Waals surface area (Å²) in [6.07, 6.45) is 4.65. The Bertz CT molecular complexity index is 524.